The Balaban J connectivity index is 1.57. The van der Waals surface area contributed by atoms with Gasteiger partial charge in [0.2, 0.25) is 5.91 Å². The molecule has 1 amide bonds. The van der Waals surface area contributed by atoms with E-state index in [1.807, 2.05) is 0 Å². The van der Waals surface area contributed by atoms with Gasteiger partial charge in [-0.15, -0.1) is 0 Å². The van der Waals surface area contributed by atoms with Crippen molar-refractivity contribution < 1.29 is 27.7 Å². The fourth-order valence-electron chi connectivity index (χ4n) is 2.44. The first-order valence-corrected chi connectivity index (χ1v) is 7.97. The van der Waals surface area contributed by atoms with E-state index in [1.165, 1.54) is 18.2 Å². The normalized spacial score (nSPS) is 10.8. The Morgan fingerprint density at radius 1 is 1.21 bits per heavy atom. The van der Waals surface area contributed by atoms with Gasteiger partial charge in [0.25, 0.3) is 5.69 Å². The van der Waals surface area contributed by atoms with Gasteiger partial charge in [0.15, 0.2) is 17.2 Å². The summed E-state index contributed by atoms with van der Waals surface area (Å²) in [5.74, 6) is -3.30. The zero-order valence-electron chi connectivity index (χ0n) is 14.2. The van der Waals surface area contributed by atoms with Gasteiger partial charge in [0.05, 0.1) is 23.1 Å². The molecule has 0 aliphatic carbocycles. The largest absolute Gasteiger partial charge is 0.492 e. The van der Waals surface area contributed by atoms with Crippen LogP contribution in [0.2, 0.25) is 0 Å². The van der Waals surface area contributed by atoms with Crippen LogP contribution in [0.5, 0.6) is 5.75 Å². The number of halogens is 2. The Kier molecular flexibility index (Phi) is 5.34. The highest BCUT2D eigenvalue weighted by atomic mass is 19.2. The van der Waals surface area contributed by atoms with Crippen LogP contribution >= 0.6 is 0 Å². The molecule has 0 radical (unpaired) electrons. The summed E-state index contributed by atoms with van der Waals surface area (Å²) in [5.41, 5.74) is -0.00955. The maximum absolute atomic E-state index is 13.1. The fraction of sp³-hybridized carbons (Fsp3) is 0.176. The molecular formula is C17H13F2N3O6. The molecule has 3 aromatic rings. The molecule has 2 aromatic carbocycles. The summed E-state index contributed by atoms with van der Waals surface area (Å²) < 4.78 is 37.0. The van der Waals surface area contributed by atoms with Crippen molar-refractivity contribution in [3.05, 3.63) is 68.7 Å². The lowest BCUT2D eigenvalue weighted by molar-refractivity contribution is -0.384. The topological polar surface area (TPSA) is 117 Å². The van der Waals surface area contributed by atoms with E-state index >= 15 is 0 Å². The van der Waals surface area contributed by atoms with Crippen molar-refractivity contribution in [2.24, 2.45) is 0 Å². The van der Waals surface area contributed by atoms with Crippen LogP contribution in [0.3, 0.4) is 0 Å². The molecule has 1 aromatic heterocycles. The van der Waals surface area contributed by atoms with Crippen molar-refractivity contribution in [3.63, 3.8) is 0 Å². The molecule has 0 atom stereocenters. The number of nitro benzene ring substituents is 1. The van der Waals surface area contributed by atoms with Crippen molar-refractivity contribution in [1.82, 2.24) is 9.88 Å². The number of hydrogen-bond donors (Lipinski definition) is 1. The molecule has 3 rings (SSSR count). The molecule has 0 unspecified atom stereocenters. The summed E-state index contributed by atoms with van der Waals surface area (Å²) in [6.45, 7) is -0.327. The standard InChI is InChI=1S/C17H13F2N3O6/c18-12-3-2-11(8-13(12)19)27-6-5-20-16(23)9-21-14-4-1-10(22(25)26)7-15(14)28-17(21)24/h1-4,7-8H,5-6,9H2,(H,20,23). The summed E-state index contributed by atoms with van der Waals surface area (Å²) in [7, 11) is 0. The summed E-state index contributed by atoms with van der Waals surface area (Å²) in [6, 6.07) is 6.66. The molecule has 1 N–H and O–H groups in total. The number of amides is 1. The number of hydrogen-bond acceptors (Lipinski definition) is 6. The quantitative estimate of drug-likeness (QED) is 0.373. The van der Waals surface area contributed by atoms with E-state index in [-0.39, 0.29) is 42.2 Å². The van der Waals surface area contributed by atoms with Crippen molar-refractivity contribution in [2.75, 3.05) is 13.2 Å². The molecule has 0 saturated heterocycles. The Morgan fingerprint density at radius 3 is 2.71 bits per heavy atom. The van der Waals surface area contributed by atoms with E-state index in [4.69, 9.17) is 9.15 Å². The first-order chi connectivity index (χ1) is 13.3. The second-order valence-corrected chi connectivity index (χ2v) is 5.64. The second kappa shape index (κ2) is 7.86. The van der Waals surface area contributed by atoms with Gasteiger partial charge in [-0.2, -0.15) is 0 Å². The van der Waals surface area contributed by atoms with E-state index < -0.39 is 28.2 Å². The lowest BCUT2D eigenvalue weighted by Crippen LogP contribution is -2.33. The summed E-state index contributed by atoms with van der Waals surface area (Å²) >= 11 is 0. The van der Waals surface area contributed by atoms with Crippen LogP contribution in [0, 0.1) is 21.7 Å². The zero-order chi connectivity index (χ0) is 20.3. The Hall–Kier alpha value is -3.76. The summed E-state index contributed by atoms with van der Waals surface area (Å²) in [4.78, 5) is 34.0. The molecule has 0 spiro atoms. The van der Waals surface area contributed by atoms with Crippen molar-refractivity contribution >= 4 is 22.7 Å². The van der Waals surface area contributed by atoms with Crippen LogP contribution < -0.4 is 15.8 Å². The van der Waals surface area contributed by atoms with Crippen molar-refractivity contribution in [1.29, 1.82) is 0 Å². The SMILES string of the molecule is O=C(Cn1c(=O)oc2cc([N+](=O)[O-])ccc21)NCCOc1ccc(F)c(F)c1. The number of non-ortho nitro benzene ring substituents is 1. The average molecular weight is 393 g/mol. The lowest BCUT2D eigenvalue weighted by Gasteiger charge is -2.08. The number of fused-ring (bicyclic) bond motifs is 1. The summed E-state index contributed by atoms with van der Waals surface area (Å²) in [6.07, 6.45) is 0. The number of rotatable bonds is 7. The number of oxazole rings is 1. The minimum Gasteiger partial charge on any atom is -0.492 e. The highest BCUT2D eigenvalue weighted by Gasteiger charge is 2.16. The lowest BCUT2D eigenvalue weighted by atomic mass is 10.3. The van der Waals surface area contributed by atoms with Crippen LogP contribution in [0.1, 0.15) is 0 Å². The number of ether oxygens (including phenoxy) is 1. The molecule has 146 valence electrons. The third-order valence-electron chi connectivity index (χ3n) is 3.75. The highest BCUT2D eigenvalue weighted by Crippen LogP contribution is 2.20. The number of benzene rings is 2. The number of aromatic nitrogens is 1. The Labute approximate surface area is 155 Å². The van der Waals surface area contributed by atoms with Crippen LogP contribution in [-0.2, 0) is 11.3 Å². The Bertz CT molecular complexity index is 1110. The maximum Gasteiger partial charge on any atom is 0.420 e. The van der Waals surface area contributed by atoms with Crippen LogP contribution in [0.4, 0.5) is 14.5 Å². The predicted octanol–water partition coefficient (Wildman–Crippen LogP) is 1.98. The molecule has 9 nitrogen and oxygen atoms in total. The number of nitrogens with one attached hydrogen (secondary N) is 1. The molecule has 1 heterocycles. The minimum absolute atomic E-state index is 0.00586. The molecule has 0 fully saturated rings. The third kappa shape index (κ3) is 4.14. The number of nitro groups is 1. The van der Waals surface area contributed by atoms with Gasteiger partial charge in [0, 0.05) is 12.1 Å². The van der Waals surface area contributed by atoms with E-state index in [0.29, 0.717) is 0 Å². The van der Waals surface area contributed by atoms with Gasteiger partial charge >= 0.3 is 5.76 Å². The average Bonchev–Trinajstić information content (AvgIpc) is 2.96. The van der Waals surface area contributed by atoms with Gasteiger partial charge < -0.3 is 14.5 Å². The van der Waals surface area contributed by atoms with Gasteiger partial charge in [-0.1, -0.05) is 0 Å². The fourth-order valence-corrected chi connectivity index (χ4v) is 2.44. The zero-order valence-corrected chi connectivity index (χ0v) is 14.2. The number of nitrogens with zero attached hydrogens (tertiary/aromatic N) is 2. The van der Waals surface area contributed by atoms with E-state index in [1.54, 1.807) is 0 Å². The van der Waals surface area contributed by atoms with E-state index in [0.717, 1.165) is 22.8 Å². The molecule has 0 bridgehead atoms. The van der Waals surface area contributed by atoms with Gasteiger partial charge in [-0.3, -0.25) is 19.5 Å². The maximum atomic E-state index is 13.1. The smallest absolute Gasteiger partial charge is 0.420 e. The molecule has 0 aliphatic heterocycles. The molecule has 0 saturated carbocycles. The number of carbonyl (C=O) groups is 1. The van der Waals surface area contributed by atoms with Gasteiger partial charge in [-0.05, 0) is 18.2 Å². The van der Waals surface area contributed by atoms with Crippen LogP contribution in [0.25, 0.3) is 11.1 Å². The Morgan fingerprint density at radius 2 is 2.00 bits per heavy atom. The summed E-state index contributed by atoms with van der Waals surface area (Å²) in [5, 5.41) is 13.3. The van der Waals surface area contributed by atoms with E-state index in [9.17, 15) is 28.5 Å². The van der Waals surface area contributed by atoms with Gasteiger partial charge in [0.1, 0.15) is 18.9 Å². The van der Waals surface area contributed by atoms with Crippen molar-refractivity contribution in [3.8, 4) is 5.75 Å². The van der Waals surface area contributed by atoms with Crippen LogP contribution in [0.15, 0.2) is 45.6 Å². The monoisotopic (exact) mass is 393 g/mol. The third-order valence-corrected chi connectivity index (χ3v) is 3.75. The van der Waals surface area contributed by atoms with Crippen LogP contribution in [-0.4, -0.2) is 28.5 Å². The molecule has 0 aliphatic rings. The first-order valence-electron chi connectivity index (χ1n) is 7.97. The van der Waals surface area contributed by atoms with Gasteiger partial charge in [-0.25, -0.2) is 13.6 Å². The second-order valence-electron chi connectivity index (χ2n) is 5.64. The predicted molar refractivity (Wildman–Crippen MR) is 92.0 cm³/mol. The number of carbonyl (C=O) groups excluding carboxylic acids is 1. The highest BCUT2D eigenvalue weighted by molar-refractivity contribution is 5.80. The minimum atomic E-state index is -1.05. The van der Waals surface area contributed by atoms with E-state index in [2.05, 4.69) is 5.32 Å². The molecular weight excluding hydrogens is 380 g/mol. The first kappa shape index (κ1) is 19.0. The molecule has 28 heavy (non-hydrogen) atoms. The van der Waals surface area contributed by atoms with Crippen molar-refractivity contribution in [2.45, 2.75) is 6.54 Å². The molecule has 11 heteroatoms.